The molecule has 3 atom stereocenters. The lowest BCUT2D eigenvalue weighted by Gasteiger charge is -2.41. The van der Waals surface area contributed by atoms with Gasteiger partial charge >= 0.3 is 0 Å². The maximum atomic E-state index is 13.2. The standard InChI is InChI=1S/C46H47N3O8/c1-47-18-16-29-23-38(52-3)40-25-34(29)35(47)20-27-10-13-31(14-11-27)56-39-22-28(12-15-37(39)55-26-49-45(50)32-8-6-7-9-33(32)46(49)51)21-36-42-30(17-19-48(36)2)24-41(53-4)43(54-5)44(42)57-40/h6-15,22-24,35-36,40H,16-21,25-26H2,1-5H3/t35-,36?,40?/m0/s1. The number of imide groups is 1. The van der Waals surface area contributed by atoms with Gasteiger partial charge in [-0.05, 0) is 116 Å². The molecular formula is C46H47N3O8. The van der Waals surface area contributed by atoms with Crippen molar-refractivity contribution in [1.29, 1.82) is 0 Å². The molecular weight excluding hydrogens is 723 g/mol. The first-order valence-corrected chi connectivity index (χ1v) is 19.5. The molecule has 0 saturated heterocycles. The quantitative estimate of drug-likeness (QED) is 0.188. The number of hydrogen-bond donors (Lipinski definition) is 0. The van der Waals surface area contributed by atoms with Crippen LogP contribution in [0.15, 0.2) is 95.8 Å². The fourth-order valence-electron chi connectivity index (χ4n) is 9.08. The van der Waals surface area contributed by atoms with E-state index in [2.05, 4.69) is 48.2 Å². The van der Waals surface area contributed by atoms with Gasteiger partial charge in [0.15, 0.2) is 35.8 Å². The molecule has 1 aliphatic carbocycles. The van der Waals surface area contributed by atoms with Gasteiger partial charge in [0.05, 0.1) is 32.5 Å². The maximum Gasteiger partial charge on any atom is 0.264 e. The molecule has 0 radical (unpaired) electrons. The lowest BCUT2D eigenvalue weighted by atomic mass is 9.82. The molecule has 0 spiro atoms. The van der Waals surface area contributed by atoms with Crippen LogP contribution in [0.3, 0.4) is 0 Å². The highest BCUT2D eigenvalue weighted by Gasteiger charge is 2.39. The molecule has 0 fully saturated rings. The summed E-state index contributed by atoms with van der Waals surface area (Å²) in [6.45, 7) is 1.52. The Morgan fingerprint density at radius 2 is 1.44 bits per heavy atom. The number of allylic oxidation sites excluding steroid dienone is 1. The zero-order chi connectivity index (χ0) is 39.4. The van der Waals surface area contributed by atoms with E-state index < -0.39 is 0 Å². The first-order chi connectivity index (χ1) is 27.7. The summed E-state index contributed by atoms with van der Waals surface area (Å²) in [5.41, 5.74) is 7.79. The van der Waals surface area contributed by atoms with Crippen LogP contribution in [-0.2, 0) is 24.0 Å². The van der Waals surface area contributed by atoms with Gasteiger partial charge in [-0.15, -0.1) is 0 Å². The third kappa shape index (κ3) is 6.58. The first kappa shape index (κ1) is 36.8. The van der Waals surface area contributed by atoms with Crippen LogP contribution in [0, 0.1) is 0 Å². The van der Waals surface area contributed by atoms with Crippen LogP contribution in [0.5, 0.6) is 34.5 Å². The van der Waals surface area contributed by atoms with Gasteiger partial charge < -0.3 is 28.4 Å². The molecule has 4 aromatic carbocycles. The summed E-state index contributed by atoms with van der Waals surface area (Å²) >= 11 is 0. The van der Waals surface area contributed by atoms with Crippen molar-refractivity contribution >= 4 is 11.8 Å². The predicted octanol–water partition coefficient (Wildman–Crippen LogP) is 7.14. The van der Waals surface area contributed by atoms with Crippen LogP contribution >= 0.6 is 0 Å². The van der Waals surface area contributed by atoms with Gasteiger partial charge in [-0.1, -0.05) is 30.3 Å². The lowest BCUT2D eigenvalue weighted by Crippen LogP contribution is -2.43. The van der Waals surface area contributed by atoms with Crippen LogP contribution in [0.2, 0.25) is 0 Å². The summed E-state index contributed by atoms with van der Waals surface area (Å²) in [5.74, 6) is 3.42. The number of rotatable bonds is 6. The molecule has 0 saturated carbocycles. The largest absolute Gasteiger partial charge is 0.497 e. The number of amides is 2. The smallest absolute Gasteiger partial charge is 0.264 e. The highest BCUT2D eigenvalue weighted by Crippen LogP contribution is 2.50. The molecule has 6 bridgehead atoms. The molecule has 10 rings (SSSR count). The second kappa shape index (κ2) is 14.9. The number of fused-ring (bicyclic) bond motifs is 3. The van der Waals surface area contributed by atoms with Gasteiger partial charge in [-0.2, -0.15) is 0 Å². The average molecular weight is 770 g/mol. The number of methoxy groups -OCH3 is 3. The van der Waals surface area contributed by atoms with E-state index in [1.54, 1.807) is 45.6 Å². The normalized spacial score (nSPS) is 21.7. The minimum Gasteiger partial charge on any atom is -0.497 e. The van der Waals surface area contributed by atoms with Crippen molar-refractivity contribution in [2.24, 2.45) is 0 Å². The lowest BCUT2D eigenvalue weighted by molar-refractivity contribution is 0.0519. The van der Waals surface area contributed by atoms with Crippen molar-refractivity contribution < 1.29 is 38.0 Å². The molecule has 6 aliphatic rings. The summed E-state index contributed by atoms with van der Waals surface area (Å²) in [5, 5.41) is 0. The number of carbonyl (C=O) groups excluding carboxylic acids is 2. The third-order valence-electron chi connectivity index (χ3n) is 12.2. The summed E-state index contributed by atoms with van der Waals surface area (Å²) in [7, 11) is 9.38. The number of carbonyl (C=O) groups is 2. The predicted molar refractivity (Wildman–Crippen MR) is 214 cm³/mol. The molecule has 11 nitrogen and oxygen atoms in total. The summed E-state index contributed by atoms with van der Waals surface area (Å²) in [6.07, 6.45) is 5.69. The average Bonchev–Trinajstić information content (AvgIpc) is 3.47. The van der Waals surface area contributed by atoms with E-state index in [-0.39, 0.29) is 36.7 Å². The van der Waals surface area contributed by atoms with Crippen LogP contribution < -0.4 is 23.7 Å². The molecule has 0 aromatic heterocycles. The first-order valence-electron chi connectivity index (χ1n) is 19.5. The summed E-state index contributed by atoms with van der Waals surface area (Å²) < 4.78 is 38.2. The number of likely N-dealkylation sites (N-methyl/N-ethyl adjacent to an activating group) is 2. The van der Waals surface area contributed by atoms with Crippen molar-refractivity contribution in [2.75, 3.05) is 55.2 Å². The van der Waals surface area contributed by atoms with E-state index in [0.717, 1.165) is 59.7 Å². The maximum absolute atomic E-state index is 13.2. The summed E-state index contributed by atoms with van der Waals surface area (Å²) in [6, 6.07) is 23.0. The van der Waals surface area contributed by atoms with Crippen molar-refractivity contribution in [3.63, 3.8) is 0 Å². The van der Waals surface area contributed by atoms with E-state index in [1.165, 1.54) is 16.7 Å². The van der Waals surface area contributed by atoms with Crippen molar-refractivity contribution in [3.05, 3.63) is 129 Å². The summed E-state index contributed by atoms with van der Waals surface area (Å²) in [4.78, 5) is 32.3. The van der Waals surface area contributed by atoms with Crippen molar-refractivity contribution in [3.8, 4) is 34.5 Å². The van der Waals surface area contributed by atoms with Crippen LogP contribution in [0.1, 0.15) is 61.9 Å². The number of nitrogens with zero attached hydrogens (tertiary/aromatic N) is 3. The molecule has 4 aromatic rings. The minimum atomic E-state index is -0.383. The molecule has 0 N–H and O–H groups in total. The van der Waals surface area contributed by atoms with Gasteiger partial charge in [0.2, 0.25) is 5.75 Å². The minimum absolute atomic E-state index is 0.0957. The Balaban J connectivity index is 1.15. The van der Waals surface area contributed by atoms with Crippen molar-refractivity contribution in [2.45, 2.75) is 50.3 Å². The van der Waals surface area contributed by atoms with Gasteiger partial charge in [0.25, 0.3) is 11.8 Å². The Morgan fingerprint density at radius 1 is 0.737 bits per heavy atom. The topological polar surface area (TPSA) is 99.2 Å². The Hall–Kier alpha value is -5.78. The third-order valence-corrected chi connectivity index (χ3v) is 12.2. The second-order valence-corrected chi connectivity index (χ2v) is 15.4. The highest BCUT2D eigenvalue weighted by atomic mass is 16.6. The Bertz CT molecular complexity index is 2280. The molecule has 294 valence electrons. The zero-order valence-electron chi connectivity index (χ0n) is 33.0. The molecule has 2 unspecified atom stereocenters. The number of ether oxygens (including phenoxy) is 6. The highest BCUT2D eigenvalue weighted by molar-refractivity contribution is 6.21. The Kier molecular flexibility index (Phi) is 9.66. The monoisotopic (exact) mass is 769 g/mol. The van der Waals surface area contributed by atoms with Crippen LogP contribution in [0.25, 0.3) is 0 Å². The van der Waals surface area contributed by atoms with Gasteiger partial charge in [-0.25, -0.2) is 4.90 Å². The Labute approximate surface area is 333 Å². The molecule has 5 heterocycles. The molecule has 2 amide bonds. The van der Waals surface area contributed by atoms with E-state index in [0.29, 0.717) is 58.5 Å². The molecule has 11 heteroatoms. The SMILES string of the molecule is COC1=CC2=C3CC1Oc1c(OC)c(OC)cc4c1C(Cc1ccc(OCN5C(=O)c6ccccc6C5=O)c(c1)Oc1ccc(cc1)C[C@@H]3N(C)CC2)N(C)CC4. The van der Waals surface area contributed by atoms with Gasteiger partial charge in [0, 0.05) is 37.2 Å². The van der Waals surface area contributed by atoms with Crippen LogP contribution in [0.4, 0.5) is 0 Å². The fourth-order valence-corrected chi connectivity index (χ4v) is 9.08. The zero-order valence-corrected chi connectivity index (χ0v) is 33.0. The van der Waals surface area contributed by atoms with Crippen LogP contribution in [-0.4, -0.2) is 93.9 Å². The van der Waals surface area contributed by atoms with E-state index in [9.17, 15) is 9.59 Å². The molecule has 5 aliphatic heterocycles. The van der Waals surface area contributed by atoms with E-state index >= 15 is 0 Å². The molecule has 57 heavy (non-hydrogen) atoms. The van der Waals surface area contributed by atoms with Gasteiger partial charge in [-0.3, -0.25) is 19.4 Å². The van der Waals surface area contributed by atoms with Gasteiger partial charge in [0.1, 0.15) is 11.5 Å². The number of hydrogen-bond acceptors (Lipinski definition) is 10. The van der Waals surface area contributed by atoms with E-state index in [4.69, 9.17) is 28.4 Å². The Morgan fingerprint density at radius 3 is 2.16 bits per heavy atom. The fraction of sp³-hybridized carbons (Fsp3) is 0.348. The number of benzene rings is 4. The van der Waals surface area contributed by atoms with Crippen molar-refractivity contribution in [1.82, 2.24) is 14.7 Å². The second-order valence-electron chi connectivity index (χ2n) is 15.4. The van der Waals surface area contributed by atoms with E-state index in [1.807, 2.05) is 30.3 Å².